The van der Waals surface area contributed by atoms with Gasteiger partial charge in [-0.3, -0.25) is 4.79 Å². The first-order valence-corrected chi connectivity index (χ1v) is 9.39. The van der Waals surface area contributed by atoms with Gasteiger partial charge in [-0.05, 0) is 31.2 Å². The molecular weight excluding hydrogens is 382 g/mol. The highest BCUT2D eigenvalue weighted by atomic mass is 32.2. The molecule has 0 fully saturated rings. The smallest absolute Gasteiger partial charge is 0.395 e. The lowest BCUT2D eigenvalue weighted by molar-refractivity contribution is -0.286. The van der Waals surface area contributed by atoms with E-state index < -0.39 is 22.2 Å². The number of aryl methyl sites for hydroxylation is 1. The van der Waals surface area contributed by atoms with E-state index in [9.17, 15) is 22.0 Å². The lowest BCUT2D eigenvalue weighted by Crippen LogP contribution is -2.27. The van der Waals surface area contributed by atoms with Gasteiger partial charge >= 0.3 is 6.29 Å². The molecule has 0 unspecified atom stereocenters. The Hall–Kier alpha value is -2.72. The number of benzene rings is 2. The van der Waals surface area contributed by atoms with E-state index in [2.05, 4.69) is 19.5 Å². The first-order valence-electron chi connectivity index (χ1n) is 7.91. The van der Waals surface area contributed by atoms with Crippen molar-refractivity contribution in [1.29, 1.82) is 0 Å². The Labute approximate surface area is 154 Å². The van der Waals surface area contributed by atoms with Crippen molar-refractivity contribution in [3.8, 4) is 11.5 Å². The Balaban J connectivity index is 1.53. The van der Waals surface area contributed by atoms with E-state index >= 15 is 0 Å². The summed E-state index contributed by atoms with van der Waals surface area (Å²) in [6.45, 7) is 1.72. The van der Waals surface area contributed by atoms with Crippen LogP contribution in [-0.2, 0) is 14.8 Å². The third kappa shape index (κ3) is 4.72. The second-order valence-corrected chi connectivity index (χ2v) is 7.60. The predicted octanol–water partition coefficient (Wildman–Crippen LogP) is 2.62. The van der Waals surface area contributed by atoms with Crippen molar-refractivity contribution in [2.75, 3.05) is 11.9 Å². The van der Waals surface area contributed by atoms with Crippen LogP contribution in [0.3, 0.4) is 0 Å². The molecule has 0 bridgehead atoms. The number of hydrogen-bond donors (Lipinski definition) is 2. The molecule has 0 spiro atoms. The maximum Gasteiger partial charge on any atom is 0.586 e. The van der Waals surface area contributed by atoms with E-state index in [-0.39, 0.29) is 35.0 Å². The molecule has 1 heterocycles. The van der Waals surface area contributed by atoms with Gasteiger partial charge in [0, 0.05) is 24.7 Å². The van der Waals surface area contributed by atoms with Crippen molar-refractivity contribution in [2.24, 2.45) is 0 Å². The van der Waals surface area contributed by atoms with Crippen LogP contribution in [0.4, 0.5) is 14.5 Å². The third-order valence-corrected chi connectivity index (χ3v) is 5.14. The van der Waals surface area contributed by atoms with Gasteiger partial charge in [-0.1, -0.05) is 17.7 Å². The molecule has 144 valence electrons. The zero-order chi connectivity index (χ0) is 19.7. The zero-order valence-electron chi connectivity index (χ0n) is 14.2. The Morgan fingerprint density at radius 2 is 1.74 bits per heavy atom. The van der Waals surface area contributed by atoms with Crippen molar-refractivity contribution in [3.63, 3.8) is 0 Å². The summed E-state index contributed by atoms with van der Waals surface area (Å²) in [4.78, 5) is 12.0. The molecule has 1 amide bonds. The lowest BCUT2D eigenvalue weighted by Gasteiger charge is -2.08. The minimum atomic E-state index is -3.74. The van der Waals surface area contributed by atoms with Crippen molar-refractivity contribution in [1.82, 2.24) is 4.72 Å². The van der Waals surface area contributed by atoms with Crippen LogP contribution in [0.2, 0.25) is 0 Å². The van der Waals surface area contributed by atoms with Gasteiger partial charge in [-0.2, -0.15) is 0 Å². The van der Waals surface area contributed by atoms with Crippen LogP contribution in [0.5, 0.6) is 11.5 Å². The summed E-state index contributed by atoms with van der Waals surface area (Å²) in [6.07, 6.45) is -3.88. The maximum atomic E-state index is 13.0. The number of carbonyl (C=O) groups is 1. The molecular formula is C17H16F2N2O5S. The van der Waals surface area contributed by atoms with Crippen LogP contribution in [0, 0.1) is 6.92 Å². The molecule has 3 rings (SSSR count). The minimum absolute atomic E-state index is 0.102. The SMILES string of the molecule is Cc1ccc(S(=O)(=O)NCCC(=O)Nc2ccc3c(c2)OC(F)(F)O3)cc1. The standard InChI is InChI=1S/C17H16F2N2O5S/c1-11-2-5-13(6-3-11)27(23,24)20-9-8-16(22)21-12-4-7-14-15(10-12)26-17(18,19)25-14/h2-7,10,20H,8-9H2,1H3,(H,21,22). The van der Waals surface area contributed by atoms with E-state index in [4.69, 9.17) is 0 Å². The average Bonchev–Trinajstić information content (AvgIpc) is 2.88. The topological polar surface area (TPSA) is 93.7 Å². The molecule has 0 aliphatic carbocycles. The van der Waals surface area contributed by atoms with Gasteiger partial charge in [0.25, 0.3) is 0 Å². The number of sulfonamides is 1. The summed E-state index contributed by atoms with van der Waals surface area (Å²) >= 11 is 0. The summed E-state index contributed by atoms with van der Waals surface area (Å²) in [5, 5.41) is 2.48. The minimum Gasteiger partial charge on any atom is -0.395 e. The molecule has 2 aromatic carbocycles. The molecule has 27 heavy (non-hydrogen) atoms. The zero-order valence-corrected chi connectivity index (χ0v) is 15.0. The van der Waals surface area contributed by atoms with Crippen LogP contribution in [0.1, 0.15) is 12.0 Å². The summed E-state index contributed by atoms with van der Waals surface area (Å²) < 4.78 is 61.1. The summed E-state index contributed by atoms with van der Waals surface area (Å²) in [6, 6.07) is 10.1. The number of amides is 1. The van der Waals surface area contributed by atoms with E-state index in [0.29, 0.717) is 0 Å². The van der Waals surface area contributed by atoms with Gasteiger partial charge in [-0.25, -0.2) is 13.1 Å². The number of alkyl halides is 2. The molecule has 0 radical (unpaired) electrons. The Morgan fingerprint density at radius 1 is 1.07 bits per heavy atom. The summed E-state index contributed by atoms with van der Waals surface area (Å²) in [7, 11) is -3.72. The number of nitrogens with one attached hydrogen (secondary N) is 2. The fourth-order valence-electron chi connectivity index (χ4n) is 2.35. The monoisotopic (exact) mass is 398 g/mol. The van der Waals surface area contributed by atoms with Crippen molar-refractivity contribution in [3.05, 3.63) is 48.0 Å². The molecule has 0 atom stereocenters. The van der Waals surface area contributed by atoms with Gasteiger partial charge in [0.1, 0.15) is 0 Å². The Kier molecular flexibility index (Phi) is 5.03. The molecule has 0 saturated heterocycles. The van der Waals surface area contributed by atoms with Crippen LogP contribution >= 0.6 is 0 Å². The molecule has 7 nitrogen and oxygen atoms in total. The number of carbonyl (C=O) groups excluding carboxylic acids is 1. The van der Waals surface area contributed by atoms with Crippen LogP contribution < -0.4 is 19.5 Å². The maximum absolute atomic E-state index is 13.0. The Bertz CT molecular complexity index is 962. The van der Waals surface area contributed by atoms with Crippen molar-refractivity contribution >= 4 is 21.6 Å². The molecule has 0 aromatic heterocycles. The molecule has 0 saturated carbocycles. The van der Waals surface area contributed by atoms with E-state index in [1.54, 1.807) is 12.1 Å². The predicted molar refractivity (Wildman–Crippen MR) is 92.3 cm³/mol. The summed E-state index contributed by atoms with van der Waals surface area (Å²) in [5.74, 6) is -0.825. The van der Waals surface area contributed by atoms with Gasteiger partial charge in [0.15, 0.2) is 11.5 Å². The van der Waals surface area contributed by atoms with Crippen LogP contribution in [0.15, 0.2) is 47.4 Å². The molecule has 1 aliphatic heterocycles. The largest absolute Gasteiger partial charge is 0.586 e. The first-order chi connectivity index (χ1) is 12.6. The number of rotatable bonds is 6. The molecule has 1 aliphatic rings. The van der Waals surface area contributed by atoms with Crippen molar-refractivity contribution < 1.29 is 31.5 Å². The fourth-order valence-corrected chi connectivity index (χ4v) is 3.38. The van der Waals surface area contributed by atoms with Gasteiger partial charge in [0.2, 0.25) is 15.9 Å². The highest BCUT2D eigenvalue weighted by Gasteiger charge is 2.43. The fraction of sp³-hybridized carbons (Fsp3) is 0.235. The summed E-state index contributed by atoms with van der Waals surface area (Å²) in [5.41, 5.74) is 1.15. The number of halogens is 2. The lowest BCUT2D eigenvalue weighted by atomic mass is 10.2. The second kappa shape index (κ2) is 7.12. The van der Waals surface area contributed by atoms with E-state index in [1.165, 1.54) is 30.3 Å². The number of fused-ring (bicyclic) bond motifs is 1. The quantitative estimate of drug-likeness (QED) is 0.780. The highest BCUT2D eigenvalue weighted by molar-refractivity contribution is 7.89. The molecule has 2 aromatic rings. The van der Waals surface area contributed by atoms with Crippen LogP contribution in [0.25, 0.3) is 0 Å². The van der Waals surface area contributed by atoms with Gasteiger partial charge in [-0.15, -0.1) is 8.78 Å². The highest BCUT2D eigenvalue weighted by Crippen LogP contribution is 2.42. The third-order valence-electron chi connectivity index (χ3n) is 3.66. The first kappa shape index (κ1) is 19.1. The van der Waals surface area contributed by atoms with Gasteiger partial charge in [0.05, 0.1) is 4.90 Å². The van der Waals surface area contributed by atoms with Crippen molar-refractivity contribution in [2.45, 2.75) is 24.5 Å². The van der Waals surface area contributed by atoms with Gasteiger partial charge < -0.3 is 14.8 Å². The van der Waals surface area contributed by atoms with Crippen LogP contribution in [-0.4, -0.2) is 27.2 Å². The van der Waals surface area contributed by atoms with E-state index in [0.717, 1.165) is 5.56 Å². The average molecular weight is 398 g/mol. The number of ether oxygens (including phenoxy) is 2. The number of hydrogen-bond acceptors (Lipinski definition) is 5. The number of anilines is 1. The molecule has 2 N–H and O–H groups in total. The second-order valence-electron chi connectivity index (χ2n) is 5.84. The van der Waals surface area contributed by atoms with E-state index in [1.807, 2.05) is 6.92 Å². The molecule has 10 heteroatoms. The Morgan fingerprint density at radius 3 is 2.44 bits per heavy atom. The normalized spacial score (nSPS) is 14.8.